The highest BCUT2D eigenvalue weighted by molar-refractivity contribution is 7.86. The summed E-state index contributed by atoms with van der Waals surface area (Å²) in [6.07, 6.45) is 3.12. The molecule has 1 aromatic rings. The predicted octanol–water partition coefficient (Wildman–Crippen LogP) is 2.40. The summed E-state index contributed by atoms with van der Waals surface area (Å²) < 4.78 is 42.2. The number of piperazine rings is 1. The summed E-state index contributed by atoms with van der Waals surface area (Å²) in [5.41, 5.74) is 0.204. The summed E-state index contributed by atoms with van der Waals surface area (Å²) in [5.74, 6) is -0.489. The van der Waals surface area contributed by atoms with Crippen LogP contribution >= 0.6 is 24.0 Å². The van der Waals surface area contributed by atoms with Crippen molar-refractivity contribution in [1.29, 1.82) is 0 Å². The van der Waals surface area contributed by atoms with E-state index in [4.69, 9.17) is 11.6 Å². The Labute approximate surface area is 153 Å². The minimum Gasteiger partial charge on any atom is -0.309 e. The van der Waals surface area contributed by atoms with E-state index in [9.17, 15) is 12.8 Å². The maximum atomic E-state index is 13.9. The molecule has 2 unspecified atom stereocenters. The molecule has 0 saturated carbocycles. The molecular weight excluding hydrogens is 376 g/mol. The Morgan fingerprint density at radius 2 is 1.96 bits per heavy atom. The molecule has 1 N–H and O–H groups in total. The fourth-order valence-electron chi connectivity index (χ4n) is 3.34. The molecular formula is C15H22Cl2FN3O2S. The number of halogens is 3. The van der Waals surface area contributed by atoms with Crippen molar-refractivity contribution in [1.82, 2.24) is 13.9 Å². The highest BCUT2D eigenvalue weighted by Crippen LogP contribution is 2.25. The van der Waals surface area contributed by atoms with Gasteiger partial charge in [0.2, 0.25) is 0 Å². The lowest BCUT2D eigenvalue weighted by atomic mass is 9.96. The van der Waals surface area contributed by atoms with Crippen molar-refractivity contribution >= 4 is 34.2 Å². The predicted molar refractivity (Wildman–Crippen MR) is 95.2 cm³/mol. The summed E-state index contributed by atoms with van der Waals surface area (Å²) in [7, 11) is -2.17. The lowest BCUT2D eigenvalue weighted by Gasteiger charge is -2.42. The van der Waals surface area contributed by atoms with Crippen LogP contribution in [0.15, 0.2) is 18.2 Å². The molecule has 136 valence electrons. The first-order valence-corrected chi connectivity index (χ1v) is 9.56. The molecule has 24 heavy (non-hydrogen) atoms. The third-order valence-electron chi connectivity index (χ3n) is 4.59. The molecule has 3 rings (SSSR count). The van der Waals surface area contributed by atoms with Crippen molar-refractivity contribution in [3.05, 3.63) is 34.6 Å². The van der Waals surface area contributed by atoms with E-state index in [-0.39, 0.29) is 41.6 Å². The monoisotopic (exact) mass is 397 g/mol. The first kappa shape index (κ1) is 19.9. The van der Waals surface area contributed by atoms with Gasteiger partial charge in [-0.1, -0.05) is 24.1 Å². The molecule has 0 radical (unpaired) electrons. The van der Waals surface area contributed by atoms with Gasteiger partial charge in [0, 0.05) is 49.4 Å². The fourth-order valence-corrected chi connectivity index (χ4v) is 4.98. The number of benzene rings is 1. The second-order valence-corrected chi connectivity index (χ2v) is 8.72. The smallest absolute Gasteiger partial charge is 0.282 e. The Bertz CT molecular complexity index is 657. The van der Waals surface area contributed by atoms with E-state index in [1.807, 2.05) is 0 Å². The number of nitrogens with one attached hydrogen (secondary N) is 1. The number of nitrogens with zero attached hydrogens (tertiary/aromatic N) is 2. The van der Waals surface area contributed by atoms with Crippen molar-refractivity contribution in [2.24, 2.45) is 0 Å². The molecule has 5 nitrogen and oxygen atoms in total. The maximum Gasteiger partial charge on any atom is 0.282 e. The maximum absolute atomic E-state index is 13.9. The molecule has 2 bridgehead atoms. The van der Waals surface area contributed by atoms with Gasteiger partial charge in [-0.15, -0.1) is 12.4 Å². The standard InChI is InChI=1S/C15H21ClFN3O2S.ClH/c1-19(10-13-14(16)6-3-7-15(13)17)23(21,22)20-8-11-4-2-5-12(9-20)18-11;/h3,6-7,11-12,18H,2,4-5,8-10H2,1H3;1H. The van der Waals surface area contributed by atoms with Crippen LogP contribution in [0, 0.1) is 5.82 Å². The van der Waals surface area contributed by atoms with Crippen molar-refractivity contribution < 1.29 is 12.8 Å². The Morgan fingerprint density at radius 3 is 2.54 bits per heavy atom. The molecule has 2 saturated heterocycles. The van der Waals surface area contributed by atoms with Crippen molar-refractivity contribution in [3.8, 4) is 0 Å². The zero-order valence-corrected chi connectivity index (χ0v) is 15.8. The summed E-state index contributed by atoms with van der Waals surface area (Å²) >= 11 is 6.00. The summed E-state index contributed by atoms with van der Waals surface area (Å²) in [4.78, 5) is 0. The van der Waals surface area contributed by atoms with Gasteiger partial charge in [-0.2, -0.15) is 17.0 Å². The Balaban J connectivity index is 0.00000208. The lowest BCUT2D eigenvalue weighted by molar-refractivity contribution is 0.183. The molecule has 1 aromatic carbocycles. The molecule has 9 heteroatoms. The van der Waals surface area contributed by atoms with Gasteiger partial charge in [0.05, 0.1) is 0 Å². The highest BCUT2D eigenvalue weighted by Gasteiger charge is 2.37. The Morgan fingerprint density at radius 1 is 1.33 bits per heavy atom. The van der Waals surface area contributed by atoms with Crippen LogP contribution in [0.25, 0.3) is 0 Å². The lowest BCUT2D eigenvalue weighted by Crippen LogP contribution is -2.61. The zero-order chi connectivity index (χ0) is 16.6. The molecule has 0 aromatic heterocycles. The molecule has 2 atom stereocenters. The number of hydrogen-bond donors (Lipinski definition) is 1. The third kappa shape index (κ3) is 4.03. The van der Waals surface area contributed by atoms with Crippen LogP contribution in [-0.4, -0.2) is 49.2 Å². The summed E-state index contributed by atoms with van der Waals surface area (Å²) in [5, 5.41) is 3.70. The van der Waals surface area contributed by atoms with E-state index in [0.717, 1.165) is 19.3 Å². The molecule has 0 amide bonds. The van der Waals surface area contributed by atoms with E-state index >= 15 is 0 Å². The van der Waals surface area contributed by atoms with Gasteiger partial charge in [-0.05, 0) is 25.0 Å². The SMILES string of the molecule is CN(Cc1c(F)cccc1Cl)S(=O)(=O)N1CC2CCCC(C1)N2.Cl. The first-order chi connectivity index (χ1) is 10.9. The van der Waals surface area contributed by atoms with Crippen LogP contribution < -0.4 is 5.32 Å². The average Bonchev–Trinajstić information content (AvgIpc) is 2.50. The van der Waals surface area contributed by atoms with Gasteiger partial charge in [0.15, 0.2) is 0 Å². The molecule has 0 spiro atoms. The van der Waals surface area contributed by atoms with Crippen LogP contribution in [0.1, 0.15) is 24.8 Å². The van der Waals surface area contributed by atoms with Crippen LogP contribution in [0.5, 0.6) is 0 Å². The topological polar surface area (TPSA) is 52.7 Å². The van der Waals surface area contributed by atoms with Gasteiger partial charge < -0.3 is 5.32 Å². The largest absolute Gasteiger partial charge is 0.309 e. The van der Waals surface area contributed by atoms with E-state index in [2.05, 4.69) is 5.32 Å². The summed E-state index contributed by atoms with van der Waals surface area (Å²) in [6.45, 7) is 0.857. The normalized spacial score (nSPS) is 24.7. The zero-order valence-electron chi connectivity index (χ0n) is 13.4. The van der Waals surface area contributed by atoms with Crippen molar-refractivity contribution in [2.45, 2.75) is 37.9 Å². The second kappa shape index (κ2) is 7.85. The van der Waals surface area contributed by atoms with E-state index in [0.29, 0.717) is 13.1 Å². The van der Waals surface area contributed by atoms with Crippen LogP contribution in [0.2, 0.25) is 5.02 Å². The third-order valence-corrected chi connectivity index (χ3v) is 6.81. The number of piperidine rings is 1. The second-order valence-electron chi connectivity index (χ2n) is 6.27. The molecule has 2 aliphatic rings. The molecule has 2 heterocycles. The van der Waals surface area contributed by atoms with Gasteiger partial charge in [-0.3, -0.25) is 0 Å². The Kier molecular flexibility index (Phi) is 6.50. The van der Waals surface area contributed by atoms with Crippen molar-refractivity contribution in [3.63, 3.8) is 0 Å². The van der Waals surface area contributed by atoms with Gasteiger partial charge in [0.1, 0.15) is 5.82 Å². The minimum atomic E-state index is -3.63. The minimum absolute atomic E-state index is 0. The quantitative estimate of drug-likeness (QED) is 0.848. The van der Waals surface area contributed by atoms with Gasteiger partial charge in [0.25, 0.3) is 10.2 Å². The van der Waals surface area contributed by atoms with Gasteiger partial charge in [-0.25, -0.2) is 4.39 Å². The van der Waals surface area contributed by atoms with Gasteiger partial charge >= 0.3 is 0 Å². The van der Waals surface area contributed by atoms with E-state index < -0.39 is 16.0 Å². The Hall–Kier alpha value is -0.440. The van der Waals surface area contributed by atoms with E-state index in [1.165, 1.54) is 27.8 Å². The van der Waals surface area contributed by atoms with Crippen molar-refractivity contribution in [2.75, 3.05) is 20.1 Å². The number of hydrogen-bond acceptors (Lipinski definition) is 3. The van der Waals surface area contributed by atoms with E-state index in [1.54, 1.807) is 6.07 Å². The molecule has 2 fully saturated rings. The molecule has 0 aliphatic carbocycles. The van der Waals surface area contributed by atoms with Crippen LogP contribution in [0.3, 0.4) is 0 Å². The summed E-state index contributed by atoms with van der Waals surface area (Å²) in [6, 6.07) is 4.78. The fraction of sp³-hybridized carbons (Fsp3) is 0.600. The number of fused-ring (bicyclic) bond motifs is 2. The highest BCUT2D eigenvalue weighted by atomic mass is 35.5. The average molecular weight is 398 g/mol. The van der Waals surface area contributed by atoms with Crippen LogP contribution in [-0.2, 0) is 16.8 Å². The number of rotatable bonds is 4. The van der Waals surface area contributed by atoms with Crippen LogP contribution in [0.4, 0.5) is 4.39 Å². The first-order valence-electron chi connectivity index (χ1n) is 7.78. The molecule has 2 aliphatic heterocycles.